The number of benzene rings is 2. The molecule has 0 bridgehead atoms. The van der Waals surface area contributed by atoms with Crippen molar-refractivity contribution in [3.05, 3.63) is 85.4 Å². The predicted molar refractivity (Wildman–Crippen MR) is 159 cm³/mol. The summed E-state index contributed by atoms with van der Waals surface area (Å²) in [5.41, 5.74) is 3.10. The lowest BCUT2D eigenvalue weighted by Crippen LogP contribution is -2.50. The first-order valence-electron chi connectivity index (χ1n) is 14.0. The van der Waals surface area contributed by atoms with Crippen LogP contribution in [0.3, 0.4) is 0 Å². The van der Waals surface area contributed by atoms with Crippen LogP contribution in [0.1, 0.15) is 43.4 Å². The molecule has 1 aliphatic carbocycles. The van der Waals surface area contributed by atoms with Crippen molar-refractivity contribution < 1.29 is 29.1 Å². The number of nitro benzene ring substituents is 1. The van der Waals surface area contributed by atoms with Gasteiger partial charge in [-0.15, -0.1) is 0 Å². The van der Waals surface area contributed by atoms with Crippen LogP contribution in [0.2, 0.25) is 0 Å². The van der Waals surface area contributed by atoms with E-state index in [1.807, 2.05) is 6.92 Å². The largest absolute Gasteiger partial charge is 0.487 e. The Labute approximate surface area is 251 Å². The normalized spacial score (nSPS) is 23.0. The van der Waals surface area contributed by atoms with Gasteiger partial charge in [0.15, 0.2) is 5.75 Å². The lowest BCUT2D eigenvalue weighted by molar-refractivity contribution is -0.384. The predicted octanol–water partition coefficient (Wildman–Crippen LogP) is 4.89. The van der Waals surface area contributed by atoms with Crippen LogP contribution in [0.4, 0.5) is 15.3 Å². The molecule has 0 fully saturated rings. The van der Waals surface area contributed by atoms with Gasteiger partial charge in [-0.25, -0.2) is 9.59 Å². The van der Waals surface area contributed by atoms with Gasteiger partial charge in [0.2, 0.25) is 0 Å². The number of allylic oxidation sites excluding steroid dienone is 2. The smallest absolute Gasteiger partial charge is 0.412 e. The van der Waals surface area contributed by atoms with Crippen LogP contribution in [0, 0.1) is 10.1 Å². The molecule has 0 saturated heterocycles. The van der Waals surface area contributed by atoms with Gasteiger partial charge in [0.25, 0.3) is 5.69 Å². The molecule has 1 unspecified atom stereocenters. The maximum atomic E-state index is 13.1. The number of urea groups is 1. The first-order valence-corrected chi connectivity index (χ1v) is 14.7. The molecule has 3 N–H and O–H groups in total. The Kier molecular flexibility index (Phi) is 8.55. The first kappa shape index (κ1) is 29.6. The summed E-state index contributed by atoms with van der Waals surface area (Å²) in [7, 11) is 0. The van der Waals surface area contributed by atoms with Crippen molar-refractivity contribution in [1.29, 1.82) is 0 Å². The SMILES string of the molecule is CCNC(=O)Oc1cc2c3c(c1Br)O[C@@H]1C/C(=C/Cc4ccc([N+](=O)[O-])cc4)C=CC31C[C@@H](CO)N(C(=O)NCC)C2. The van der Waals surface area contributed by atoms with Crippen molar-refractivity contribution in [3.8, 4) is 11.5 Å². The standard InChI is InChI=1S/C30H33BrN4O7/c1-3-32-28(37)34-16-20-14-23(41-29(38)33-4-2)26(31)27-25(20)30(15-22(34)17-36)12-11-19(13-24(30)42-27)6-5-18-7-9-21(10-8-18)35(39)40/h6-12,14,22,24,36H,3-5,13,15-17H2,1-2H3,(H,32,37)(H,33,38)/b19-6+/t22-,24+,30?/m0/s1. The van der Waals surface area contributed by atoms with Crippen LogP contribution in [0.5, 0.6) is 11.5 Å². The molecule has 2 aliphatic heterocycles. The number of nitrogens with zero attached hydrogens (tertiary/aromatic N) is 2. The number of hydrogen-bond donors (Lipinski definition) is 3. The van der Waals surface area contributed by atoms with E-state index in [2.05, 4.69) is 44.8 Å². The van der Waals surface area contributed by atoms with Crippen LogP contribution in [-0.4, -0.2) is 58.9 Å². The Morgan fingerprint density at radius 3 is 2.67 bits per heavy atom. The molecule has 1 spiro atoms. The van der Waals surface area contributed by atoms with Crippen molar-refractivity contribution in [3.63, 3.8) is 0 Å². The van der Waals surface area contributed by atoms with E-state index in [-0.39, 0.29) is 36.7 Å². The van der Waals surface area contributed by atoms with Crippen molar-refractivity contribution >= 4 is 33.7 Å². The van der Waals surface area contributed by atoms with Crippen molar-refractivity contribution in [2.45, 2.75) is 57.2 Å². The van der Waals surface area contributed by atoms with E-state index in [4.69, 9.17) is 9.47 Å². The van der Waals surface area contributed by atoms with E-state index >= 15 is 0 Å². The Morgan fingerprint density at radius 1 is 1.26 bits per heavy atom. The zero-order valence-electron chi connectivity index (χ0n) is 23.4. The molecule has 42 heavy (non-hydrogen) atoms. The molecule has 2 aromatic carbocycles. The zero-order valence-corrected chi connectivity index (χ0v) is 25.0. The molecule has 3 atom stereocenters. The maximum absolute atomic E-state index is 13.1. The average Bonchev–Trinajstić information content (AvgIpc) is 3.23. The highest BCUT2D eigenvalue weighted by atomic mass is 79.9. The van der Waals surface area contributed by atoms with Crippen molar-refractivity contribution in [2.24, 2.45) is 0 Å². The quantitative estimate of drug-likeness (QED) is 0.289. The van der Waals surface area contributed by atoms with Crippen LogP contribution >= 0.6 is 15.9 Å². The summed E-state index contributed by atoms with van der Waals surface area (Å²) in [6.45, 7) is 4.45. The third kappa shape index (κ3) is 5.48. The van der Waals surface area contributed by atoms with E-state index in [0.29, 0.717) is 42.6 Å². The number of nitrogens with one attached hydrogen (secondary N) is 2. The Bertz CT molecular complexity index is 1460. The molecule has 2 aromatic rings. The lowest BCUT2D eigenvalue weighted by Gasteiger charge is -2.38. The number of carbonyl (C=O) groups is 2. The molecule has 5 rings (SSSR count). The van der Waals surface area contributed by atoms with Crippen molar-refractivity contribution in [2.75, 3.05) is 19.7 Å². The molecule has 2 heterocycles. The van der Waals surface area contributed by atoms with E-state index in [9.17, 15) is 24.8 Å². The summed E-state index contributed by atoms with van der Waals surface area (Å²) >= 11 is 3.62. The third-order valence-corrected chi connectivity index (χ3v) is 8.76. The number of amides is 3. The zero-order chi connectivity index (χ0) is 30.0. The molecule has 11 nitrogen and oxygen atoms in total. The minimum Gasteiger partial charge on any atom is -0.487 e. The summed E-state index contributed by atoms with van der Waals surface area (Å²) in [6, 6.07) is 7.49. The van der Waals surface area contributed by atoms with E-state index in [0.717, 1.165) is 22.3 Å². The molecule has 3 amide bonds. The van der Waals surface area contributed by atoms with Gasteiger partial charge in [-0.1, -0.05) is 30.4 Å². The summed E-state index contributed by atoms with van der Waals surface area (Å²) in [4.78, 5) is 37.7. The van der Waals surface area contributed by atoms with E-state index < -0.39 is 22.5 Å². The number of halogens is 1. The highest BCUT2D eigenvalue weighted by Gasteiger charge is 2.54. The molecule has 222 valence electrons. The average molecular weight is 642 g/mol. The summed E-state index contributed by atoms with van der Waals surface area (Å²) < 4.78 is 12.8. The van der Waals surface area contributed by atoms with Gasteiger partial charge in [0.05, 0.1) is 23.0 Å². The minimum atomic E-state index is -0.628. The number of non-ortho nitro benzene ring substituents is 1. The highest BCUT2D eigenvalue weighted by molar-refractivity contribution is 9.10. The van der Waals surface area contributed by atoms with Crippen molar-refractivity contribution in [1.82, 2.24) is 15.5 Å². The van der Waals surface area contributed by atoms with Gasteiger partial charge in [-0.3, -0.25) is 10.1 Å². The fraction of sp³-hybridized carbons (Fsp3) is 0.400. The number of hydrogen-bond acceptors (Lipinski definition) is 7. The molecule has 0 aromatic heterocycles. The third-order valence-electron chi connectivity index (χ3n) is 8.01. The summed E-state index contributed by atoms with van der Waals surface area (Å²) in [5, 5.41) is 26.9. The molecule has 3 aliphatic rings. The maximum Gasteiger partial charge on any atom is 0.412 e. The number of ether oxygens (including phenoxy) is 2. The molecule has 0 saturated carbocycles. The fourth-order valence-corrected chi connectivity index (χ4v) is 6.53. The van der Waals surface area contributed by atoms with Gasteiger partial charge in [-0.2, -0.15) is 0 Å². The topological polar surface area (TPSA) is 143 Å². The second-order valence-corrected chi connectivity index (χ2v) is 11.4. The Hall–Kier alpha value is -3.90. The highest BCUT2D eigenvalue weighted by Crippen LogP contribution is 2.58. The second-order valence-electron chi connectivity index (χ2n) is 10.6. The molecular formula is C30H33BrN4O7. The number of carbonyl (C=O) groups excluding carboxylic acids is 2. The fourth-order valence-electron chi connectivity index (χ4n) is 6.04. The lowest BCUT2D eigenvalue weighted by atomic mass is 9.67. The van der Waals surface area contributed by atoms with Gasteiger partial charge in [-0.05, 0) is 65.4 Å². The first-order chi connectivity index (χ1) is 20.2. The monoisotopic (exact) mass is 640 g/mol. The summed E-state index contributed by atoms with van der Waals surface area (Å²) in [5.74, 6) is 0.840. The van der Waals surface area contributed by atoms with Crippen LogP contribution in [-0.2, 0) is 18.4 Å². The molecule has 0 radical (unpaired) electrons. The van der Waals surface area contributed by atoms with Crippen LogP contribution < -0.4 is 20.1 Å². The van der Waals surface area contributed by atoms with Gasteiger partial charge in [0.1, 0.15) is 16.3 Å². The van der Waals surface area contributed by atoms with Crippen LogP contribution in [0.25, 0.3) is 0 Å². The number of aliphatic hydroxyl groups excluding tert-OH is 1. The van der Waals surface area contributed by atoms with E-state index in [1.165, 1.54) is 12.1 Å². The molecular weight excluding hydrogens is 608 g/mol. The molecule has 12 heteroatoms. The van der Waals surface area contributed by atoms with Gasteiger partial charge >= 0.3 is 12.1 Å². The second kappa shape index (κ2) is 12.1. The number of rotatable bonds is 7. The summed E-state index contributed by atoms with van der Waals surface area (Å²) in [6.07, 6.45) is 6.92. The van der Waals surface area contributed by atoms with Gasteiger partial charge in [0, 0.05) is 43.8 Å². The Morgan fingerprint density at radius 2 is 2.00 bits per heavy atom. The van der Waals surface area contributed by atoms with Crippen LogP contribution in [0.15, 0.2) is 58.6 Å². The van der Waals surface area contributed by atoms with E-state index in [1.54, 1.807) is 30.0 Å². The minimum absolute atomic E-state index is 0.0494. The number of aliphatic hydroxyl groups is 1. The van der Waals surface area contributed by atoms with Gasteiger partial charge < -0.3 is 30.1 Å². The number of nitro groups is 1. The Balaban J connectivity index is 1.53.